The fourth-order valence-corrected chi connectivity index (χ4v) is 4.64. The molecule has 3 nitrogen and oxygen atoms in total. The van der Waals surface area contributed by atoms with Gasteiger partial charge in [-0.2, -0.15) is 0 Å². The van der Waals surface area contributed by atoms with E-state index < -0.39 is 0 Å². The second kappa shape index (κ2) is 5.39. The lowest BCUT2D eigenvalue weighted by Gasteiger charge is -2.60. The van der Waals surface area contributed by atoms with Crippen molar-refractivity contribution in [1.82, 2.24) is 10.3 Å². The number of aromatic nitrogens is 1. The van der Waals surface area contributed by atoms with E-state index in [2.05, 4.69) is 54.6 Å². The summed E-state index contributed by atoms with van der Waals surface area (Å²) < 4.78 is 5.99. The largest absolute Gasteiger partial charge is 0.377 e. The van der Waals surface area contributed by atoms with Gasteiger partial charge < -0.3 is 15.0 Å². The number of hydrogen-bond acceptors (Lipinski definition) is 2. The minimum absolute atomic E-state index is 0.269. The van der Waals surface area contributed by atoms with Gasteiger partial charge in [-0.25, -0.2) is 0 Å². The van der Waals surface area contributed by atoms with Crippen LogP contribution in [0.1, 0.15) is 32.3 Å². The topological polar surface area (TPSA) is 37.0 Å². The Bertz CT molecular complexity index is 660. The number of benzene rings is 1. The predicted molar refractivity (Wildman–Crippen MR) is 90.0 cm³/mol. The van der Waals surface area contributed by atoms with Crippen LogP contribution < -0.4 is 5.32 Å². The lowest BCUT2D eigenvalue weighted by molar-refractivity contribution is -0.192. The quantitative estimate of drug-likeness (QED) is 0.906. The molecule has 0 bridgehead atoms. The van der Waals surface area contributed by atoms with Crippen molar-refractivity contribution < 1.29 is 4.74 Å². The van der Waals surface area contributed by atoms with Crippen LogP contribution in [-0.4, -0.2) is 30.3 Å². The first kappa shape index (κ1) is 14.3. The maximum atomic E-state index is 5.99. The van der Waals surface area contributed by atoms with Crippen molar-refractivity contribution >= 4 is 10.9 Å². The summed E-state index contributed by atoms with van der Waals surface area (Å²) in [6.07, 6.45) is 6.24. The number of aromatic amines is 1. The smallest absolute Gasteiger partial charge is 0.0684 e. The number of hydrogen-bond donors (Lipinski definition) is 2. The molecule has 4 rings (SSSR count). The van der Waals surface area contributed by atoms with Gasteiger partial charge in [-0.15, -0.1) is 0 Å². The zero-order valence-electron chi connectivity index (χ0n) is 13.6. The molecule has 1 aromatic carbocycles. The number of rotatable bonds is 4. The molecule has 118 valence electrons. The van der Waals surface area contributed by atoms with Gasteiger partial charge in [-0.05, 0) is 37.4 Å². The minimum atomic E-state index is 0.269. The zero-order valence-corrected chi connectivity index (χ0v) is 13.6. The summed E-state index contributed by atoms with van der Waals surface area (Å²) in [7, 11) is 0. The number of fused-ring (bicyclic) bond motifs is 2. The van der Waals surface area contributed by atoms with Crippen LogP contribution >= 0.6 is 0 Å². The van der Waals surface area contributed by atoms with Crippen LogP contribution in [0.4, 0.5) is 0 Å². The van der Waals surface area contributed by atoms with Gasteiger partial charge in [-0.3, -0.25) is 0 Å². The Labute approximate surface area is 132 Å². The van der Waals surface area contributed by atoms with Crippen molar-refractivity contribution in [1.29, 1.82) is 0 Å². The second-order valence-electron chi connectivity index (χ2n) is 7.46. The van der Waals surface area contributed by atoms with E-state index in [9.17, 15) is 0 Å². The van der Waals surface area contributed by atoms with E-state index >= 15 is 0 Å². The molecule has 0 spiro atoms. The van der Waals surface area contributed by atoms with Crippen molar-refractivity contribution in [2.75, 3.05) is 13.2 Å². The van der Waals surface area contributed by atoms with Crippen LogP contribution in [0.2, 0.25) is 0 Å². The monoisotopic (exact) mass is 298 g/mol. The fourth-order valence-electron chi connectivity index (χ4n) is 4.64. The molecule has 22 heavy (non-hydrogen) atoms. The third kappa shape index (κ3) is 2.19. The molecule has 2 N–H and O–H groups in total. The highest BCUT2D eigenvalue weighted by Crippen LogP contribution is 2.51. The maximum absolute atomic E-state index is 5.99. The Hall–Kier alpha value is -1.32. The summed E-state index contributed by atoms with van der Waals surface area (Å²) in [5.41, 5.74) is 2.92. The molecule has 0 unspecified atom stereocenters. The molecule has 2 aliphatic rings. The molecular weight excluding hydrogens is 272 g/mol. The Balaban J connectivity index is 1.39. The summed E-state index contributed by atoms with van der Waals surface area (Å²) in [6.45, 7) is 6.69. The van der Waals surface area contributed by atoms with Gasteiger partial charge in [0.25, 0.3) is 0 Å². The molecule has 1 aliphatic heterocycles. The highest BCUT2D eigenvalue weighted by molar-refractivity contribution is 5.83. The summed E-state index contributed by atoms with van der Waals surface area (Å²) in [5, 5.41) is 5.18. The predicted octanol–water partition coefficient (Wildman–Crippen LogP) is 3.50. The van der Waals surface area contributed by atoms with E-state index in [1.165, 1.54) is 29.3 Å². The number of para-hydroxylation sites is 1. The highest BCUT2D eigenvalue weighted by atomic mass is 16.5. The Morgan fingerprint density at radius 3 is 3.09 bits per heavy atom. The molecule has 0 radical (unpaired) electrons. The Morgan fingerprint density at radius 2 is 2.18 bits per heavy atom. The van der Waals surface area contributed by atoms with Gasteiger partial charge in [0.15, 0.2) is 0 Å². The van der Waals surface area contributed by atoms with E-state index in [1.807, 2.05) is 0 Å². The third-order valence-corrected chi connectivity index (χ3v) is 5.76. The first-order chi connectivity index (χ1) is 10.7. The van der Waals surface area contributed by atoms with Gasteiger partial charge in [0.05, 0.1) is 6.10 Å². The number of H-pyrrole nitrogens is 1. The molecule has 1 aromatic heterocycles. The summed E-state index contributed by atoms with van der Waals surface area (Å²) >= 11 is 0. The summed E-state index contributed by atoms with van der Waals surface area (Å²) in [6, 6.07) is 9.15. The van der Waals surface area contributed by atoms with Crippen molar-refractivity contribution in [2.24, 2.45) is 11.3 Å². The van der Waals surface area contributed by atoms with Crippen molar-refractivity contribution in [3.8, 4) is 0 Å². The second-order valence-corrected chi connectivity index (χ2v) is 7.46. The molecule has 2 heterocycles. The fraction of sp³-hybridized carbons (Fsp3) is 0.579. The lowest BCUT2D eigenvalue weighted by Crippen LogP contribution is -2.69. The van der Waals surface area contributed by atoms with Crippen molar-refractivity contribution in [3.05, 3.63) is 36.0 Å². The third-order valence-electron chi connectivity index (χ3n) is 5.76. The van der Waals surface area contributed by atoms with Crippen molar-refractivity contribution in [2.45, 2.75) is 45.3 Å². The molecule has 1 aliphatic carbocycles. The SMILES string of the molecule is CC1(C)[C@H](NCCc2c[nH]c3ccccc23)[C@H]2CCCO[C@H]21. The summed E-state index contributed by atoms with van der Waals surface area (Å²) in [4.78, 5) is 3.37. The molecular formula is C19H26N2O. The van der Waals surface area contributed by atoms with Gasteiger partial charge in [0.2, 0.25) is 0 Å². The molecule has 3 atom stereocenters. The van der Waals surface area contributed by atoms with Crippen LogP contribution in [0.15, 0.2) is 30.5 Å². The molecule has 1 saturated carbocycles. The lowest BCUT2D eigenvalue weighted by atomic mass is 9.55. The number of nitrogens with one attached hydrogen (secondary N) is 2. The van der Waals surface area contributed by atoms with E-state index in [0.29, 0.717) is 18.1 Å². The summed E-state index contributed by atoms with van der Waals surface area (Å²) in [5.74, 6) is 0.715. The van der Waals surface area contributed by atoms with E-state index in [0.717, 1.165) is 19.6 Å². The van der Waals surface area contributed by atoms with Gasteiger partial charge in [-0.1, -0.05) is 32.0 Å². The molecule has 2 aromatic rings. The van der Waals surface area contributed by atoms with E-state index in [-0.39, 0.29) is 5.41 Å². The first-order valence-corrected chi connectivity index (χ1v) is 8.58. The highest BCUT2D eigenvalue weighted by Gasteiger charge is 2.57. The number of ether oxygens (including phenoxy) is 1. The molecule has 3 heteroatoms. The van der Waals surface area contributed by atoms with Crippen LogP contribution in [0.3, 0.4) is 0 Å². The van der Waals surface area contributed by atoms with Crippen LogP contribution in [0.25, 0.3) is 10.9 Å². The standard InChI is InChI=1S/C19H26N2O/c1-19(2)17(15-7-5-11-22-18(15)19)20-10-9-13-12-21-16-8-4-3-6-14(13)16/h3-4,6,8,12,15,17-18,20-21H,5,7,9-11H2,1-2H3/t15-,17-,18-/m1/s1. The van der Waals surface area contributed by atoms with Gasteiger partial charge in [0.1, 0.15) is 0 Å². The molecule has 0 amide bonds. The zero-order chi connectivity index (χ0) is 15.2. The Kier molecular flexibility index (Phi) is 3.50. The maximum Gasteiger partial charge on any atom is 0.0684 e. The van der Waals surface area contributed by atoms with Crippen LogP contribution in [0, 0.1) is 11.3 Å². The van der Waals surface area contributed by atoms with Gasteiger partial charge in [0, 0.05) is 41.1 Å². The average Bonchev–Trinajstić information content (AvgIpc) is 2.95. The average molecular weight is 298 g/mol. The Morgan fingerprint density at radius 1 is 1.32 bits per heavy atom. The van der Waals surface area contributed by atoms with Crippen LogP contribution in [0.5, 0.6) is 0 Å². The minimum Gasteiger partial charge on any atom is -0.377 e. The van der Waals surface area contributed by atoms with E-state index in [4.69, 9.17) is 4.74 Å². The van der Waals surface area contributed by atoms with Crippen LogP contribution in [-0.2, 0) is 11.2 Å². The van der Waals surface area contributed by atoms with Gasteiger partial charge >= 0.3 is 0 Å². The molecule has 1 saturated heterocycles. The normalized spacial score (nSPS) is 30.0. The van der Waals surface area contributed by atoms with E-state index in [1.54, 1.807) is 0 Å². The first-order valence-electron chi connectivity index (χ1n) is 8.58. The van der Waals surface area contributed by atoms with Crippen molar-refractivity contribution in [3.63, 3.8) is 0 Å². The molecule has 2 fully saturated rings.